The first-order valence-corrected chi connectivity index (χ1v) is 9.05. The quantitative estimate of drug-likeness (QED) is 0.501. The zero-order valence-electron chi connectivity index (χ0n) is 12.9. The number of urea groups is 1. The topological polar surface area (TPSA) is 98.0 Å². The molecule has 3 N–H and O–H groups in total. The third-order valence-corrected chi connectivity index (χ3v) is 4.79. The summed E-state index contributed by atoms with van der Waals surface area (Å²) in [6.07, 6.45) is 0. The van der Waals surface area contributed by atoms with Crippen molar-refractivity contribution in [1.82, 2.24) is 15.3 Å². The maximum atomic E-state index is 11.7. The Balaban J connectivity index is 1.96. The number of aromatic nitrogens is 2. The summed E-state index contributed by atoms with van der Waals surface area (Å²) >= 11 is 4.64. The summed E-state index contributed by atoms with van der Waals surface area (Å²) in [4.78, 5) is 31.6. The molecule has 3 rings (SSSR count). The molecule has 0 radical (unpaired) electrons. The first-order chi connectivity index (χ1) is 12.0. The number of thioether (sulfide) groups is 1. The maximum absolute atomic E-state index is 11.7. The summed E-state index contributed by atoms with van der Waals surface area (Å²) in [6.45, 7) is 0. The van der Waals surface area contributed by atoms with Crippen molar-refractivity contribution in [3.8, 4) is 11.4 Å². The van der Waals surface area contributed by atoms with Gasteiger partial charge < -0.3 is 5.73 Å². The second-order valence-electron chi connectivity index (χ2n) is 5.08. The largest absolute Gasteiger partial charge is 0.351 e. The highest BCUT2D eigenvalue weighted by Gasteiger charge is 2.12. The van der Waals surface area contributed by atoms with Crippen LogP contribution >= 0.6 is 27.7 Å². The Bertz CT molecular complexity index is 947. The van der Waals surface area contributed by atoms with Crippen LogP contribution in [0.1, 0.15) is 0 Å². The van der Waals surface area contributed by atoms with Gasteiger partial charge in [-0.25, -0.2) is 14.8 Å². The van der Waals surface area contributed by atoms with Crippen LogP contribution in [0.5, 0.6) is 0 Å². The number of halogens is 1. The molecular formula is C17H13BrN4O2S. The highest BCUT2D eigenvalue weighted by atomic mass is 79.9. The molecule has 0 saturated carbocycles. The molecule has 8 heteroatoms. The fourth-order valence-electron chi connectivity index (χ4n) is 2.19. The first-order valence-electron chi connectivity index (χ1n) is 7.28. The summed E-state index contributed by atoms with van der Waals surface area (Å²) < 4.78 is 0.967. The average Bonchev–Trinajstić information content (AvgIpc) is 2.59. The van der Waals surface area contributed by atoms with Crippen LogP contribution in [-0.4, -0.2) is 27.7 Å². The predicted molar refractivity (Wildman–Crippen MR) is 101 cm³/mol. The average molecular weight is 417 g/mol. The number of hydrogen-bond donors (Lipinski definition) is 2. The molecule has 0 aliphatic rings. The smallest absolute Gasteiger partial charge is 0.318 e. The van der Waals surface area contributed by atoms with Gasteiger partial charge in [0.15, 0.2) is 5.82 Å². The van der Waals surface area contributed by atoms with E-state index in [0.29, 0.717) is 10.9 Å². The van der Waals surface area contributed by atoms with Crippen molar-refractivity contribution in [2.24, 2.45) is 5.73 Å². The number of nitrogens with zero attached hydrogens (tertiary/aromatic N) is 2. The van der Waals surface area contributed by atoms with E-state index in [1.165, 1.54) is 11.8 Å². The van der Waals surface area contributed by atoms with E-state index in [1.54, 1.807) is 0 Å². The Morgan fingerprint density at radius 2 is 1.80 bits per heavy atom. The molecule has 1 aromatic heterocycles. The van der Waals surface area contributed by atoms with Crippen molar-refractivity contribution in [3.05, 3.63) is 53.0 Å². The molecule has 6 nitrogen and oxygen atoms in total. The molecule has 0 fully saturated rings. The third-order valence-electron chi connectivity index (χ3n) is 3.27. The molecule has 0 bridgehead atoms. The molecule has 2 aromatic carbocycles. The Hall–Kier alpha value is -2.45. The van der Waals surface area contributed by atoms with Crippen LogP contribution in [0.3, 0.4) is 0 Å². The van der Waals surface area contributed by atoms with Crippen LogP contribution in [0.15, 0.2) is 58.0 Å². The lowest BCUT2D eigenvalue weighted by Gasteiger charge is -2.08. The fraction of sp³-hybridized carbons (Fsp3) is 0.0588. The fourth-order valence-corrected chi connectivity index (χ4v) is 3.28. The number of hydrogen-bond acceptors (Lipinski definition) is 5. The van der Waals surface area contributed by atoms with Crippen molar-refractivity contribution < 1.29 is 9.59 Å². The second kappa shape index (κ2) is 7.62. The van der Waals surface area contributed by atoms with Gasteiger partial charge in [-0.05, 0) is 18.2 Å². The highest BCUT2D eigenvalue weighted by Crippen LogP contribution is 2.28. The molecule has 0 aliphatic carbocycles. The summed E-state index contributed by atoms with van der Waals surface area (Å²) in [5.74, 6) is 0.137. The SMILES string of the molecule is NC(=O)NC(=O)CSc1nc(-c2ccc(Br)cc2)nc2ccccc12. The molecule has 3 aromatic rings. The van der Waals surface area contributed by atoms with Crippen LogP contribution < -0.4 is 11.1 Å². The monoisotopic (exact) mass is 416 g/mol. The van der Waals surface area contributed by atoms with Crippen molar-refractivity contribution in [1.29, 1.82) is 0 Å². The number of fused-ring (bicyclic) bond motifs is 1. The van der Waals surface area contributed by atoms with Gasteiger partial charge in [-0.3, -0.25) is 10.1 Å². The standard InChI is InChI=1S/C17H13BrN4O2S/c18-11-7-5-10(6-8-11)15-20-13-4-2-1-3-12(13)16(22-15)25-9-14(23)21-17(19)24/h1-8H,9H2,(H3,19,21,23,24). The molecule has 3 amide bonds. The van der Waals surface area contributed by atoms with E-state index >= 15 is 0 Å². The highest BCUT2D eigenvalue weighted by molar-refractivity contribution is 9.10. The van der Waals surface area contributed by atoms with Crippen LogP contribution in [0, 0.1) is 0 Å². The lowest BCUT2D eigenvalue weighted by atomic mass is 10.2. The van der Waals surface area contributed by atoms with E-state index in [1.807, 2.05) is 53.8 Å². The third kappa shape index (κ3) is 4.34. The maximum Gasteiger partial charge on any atom is 0.318 e. The minimum atomic E-state index is -0.867. The Morgan fingerprint density at radius 1 is 1.08 bits per heavy atom. The van der Waals surface area contributed by atoms with Gasteiger partial charge in [-0.2, -0.15) is 0 Å². The summed E-state index contributed by atoms with van der Waals surface area (Å²) in [5, 5.41) is 3.56. The molecule has 0 spiro atoms. The van der Waals surface area contributed by atoms with Gasteiger partial charge in [0.1, 0.15) is 5.03 Å². The lowest BCUT2D eigenvalue weighted by Crippen LogP contribution is -2.36. The van der Waals surface area contributed by atoms with Gasteiger partial charge in [0.25, 0.3) is 0 Å². The molecule has 0 atom stereocenters. The zero-order valence-corrected chi connectivity index (χ0v) is 15.3. The number of imide groups is 1. The lowest BCUT2D eigenvalue weighted by molar-refractivity contribution is -0.117. The van der Waals surface area contributed by atoms with E-state index in [9.17, 15) is 9.59 Å². The number of nitrogens with one attached hydrogen (secondary N) is 1. The van der Waals surface area contributed by atoms with Crippen LogP contribution in [0.2, 0.25) is 0 Å². The number of benzene rings is 2. The van der Waals surface area contributed by atoms with Crippen molar-refractivity contribution in [2.45, 2.75) is 5.03 Å². The van der Waals surface area contributed by atoms with Crippen LogP contribution in [-0.2, 0) is 4.79 Å². The van der Waals surface area contributed by atoms with E-state index in [-0.39, 0.29) is 5.75 Å². The molecule has 0 aliphatic heterocycles. The van der Waals surface area contributed by atoms with Gasteiger partial charge in [-0.1, -0.05) is 58.0 Å². The minimum Gasteiger partial charge on any atom is -0.351 e. The zero-order chi connectivity index (χ0) is 17.8. The van der Waals surface area contributed by atoms with Gasteiger partial charge in [0, 0.05) is 15.4 Å². The Morgan fingerprint density at radius 3 is 2.52 bits per heavy atom. The summed E-state index contributed by atoms with van der Waals surface area (Å²) in [5.41, 5.74) is 6.61. The number of primary amides is 1. The van der Waals surface area contributed by atoms with E-state index < -0.39 is 11.9 Å². The van der Waals surface area contributed by atoms with E-state index in [0.717, 1.165) is 20.9 Å². The summed E-state index contributed by atoms with van der Waals surface area (Å²) in [6, 6.07) is 14.4. The second-order valence-corrected chi connectivity index (χ2v) is 6.96. The number of nitrogens with two attached hydrogens (primary N) is 1. The summed E-state index contributed by atoms with van der Waals surface area (Å²) in [7, 11) is 0. The minimum absolute atomic E-state index is 0.0315. The van der Waals surface area contributed by atoms with E-state index in [4.69, 9.17) is 5.73 Å². The van der Waals surface area contributed by atoms with Crippen molar-refractivity contribution in [2.75, 3.05) is 5.75 Å². The van der Waals surface area contributed by atoms with E-state index in [2.05, 4.69) is 25.9 Å². The van der Waals surface area contributed by atoms with Gasteiger partial charge in [-0.15, -0.1) is 0 Å². The van der Waals surface area contributed by atoms with Crippen molar-refractivity contribution >= 4 is 50.5 Å². The van der Waals surface area contributed by atoms with Crippen LogP contribution in [0.25, 0.3) is 22.3 Å². The Labute approximate surface area is 156 Å². The molecule has 0 unspecified atom stereocenters. The normalized spacial score (nSPS) is 10.6. The number of carbonyl (C=O) groups excluding carboxylic acids is 2. The van der Waals surface area contributed by atoms with Crippen LogP contribution in [0.4, 0.5) is 4.79 Å². The predicted octanol–water partition coefficient (Wildman–Crippen LogP) is 3.35. The number of rotatable bonds is 4. The number of carbonyl (C=O) groups is 2. The van der Waals surface area contributed by atoms with Gasteiger partial charge in [0.2, 0.25) is 5.91 Å². The van der Waals surface area contributed by atoms with Gasteiger partial charge in [0.05, 0.1) is 11.3 Å². The molecule has 0 saturated heterocycles. The number of para-hydroxylation sites is 1. The molecule has 126 valence electrons. The van der Waals surface area contributed by atoms with Crippen molar-refractivity contribution in [3.63, 3.8) is 0 Å². The Kier molecular flexibility index (Phi) is 5.30. The first kappa shape index (κ1) is 17.4. The van der Waals surface area contributed by atoms with Gasteiger partial charge >= 0.3 is 6.03 Å². The molecule has 25 heavy (non-hydrogen) atoms. The molecule has 1 heterocycles. The molecular weight excluding hydrogens is 404 g/mol. The number of amides is 3.